The first-order valence-corrected chi connectivity index (χ1v) is 7.10. The Morgan fingerprint density at radius 2 is 2.00 bits per heavy atom. The van der Waals surface area contributed by atoms with Crippen LogP contribution in [0.5, 0.6) is 0 Å². The first kappa shape index (κ1) is 11.6. The smallest absolute Gasteiger partial charge is 0.0412 e. The van der Waals surface area contributed by atoms with Gasteiger partial charge >= 0.3 is 0 Å². The molecule has 2 saturated carbocycles. The van der Waals surface area contributed by atoms with Crippen molar-refractivity contribution in [1.29, 1.82) is 0 Å². The van der Waals surface area contributed by atoms with Crippen molar-refractivity contribution in [3.05, 3.63) is 34.9 Å². The lowest BCUT2D eigenvalue weighted by Gasteiger charge is -2.38. The average Bonchev–Trinajstić information content (AvgIpc) is 3.13. The molecule has 1 aromatic carbocycles. The monoisotopic (exact) mass is 249 g/mol. The highest BCUT2D eigenvalue weighted by atomic mass is 35.5. The Morgan fingerprint density at radius 3 is 2.71 bits per heavy atom. The van der Waals surface area contributed by atoms with Crippen LogP contribution in [0, 0.1) is 11.8 Å². The van der Waals surface area contributed by atoms with Crippen molar-refractivity contribution in [3.8, 4) is 0 Å². The van der Waals surface area contributed by atoms with Crippen LogP contribution in [0.2, 0.25) is 5.02 Å². The van der Waals surface area contributed by atoms with Crippen LogP contribution in [-0.2, 0) is 5.54 Å². The van der Waals surface area contributed by atoms with E-state index < -0.39 is 0 Å². The van der Waals surface area contributed by atoms with Gasteiger partial charge in [-0.1, -0.05) is 36.6 Å². The van der Waals surface area contributed by atoms with Crippen LogP contribution in [0.1, 0.15) is 44.1 Å². The fourth-order valence-electron chi connectivity index (χ4n) is 3.38. The molecule has 0 aliphatic heterocycles. The quantitative estimate of drug-likeness (QED) is 0.839. The zero-order valence-corrected chi connectivity index (χ0v) is 10.9. The van der Waals surface area contributed by atoms with Crippen molar-refractivity contribution in [1.82, 2.24) is 0 Å². The van der Waals surface area contributed by atoms with Gasteiger partial charge in [0.2, 0.25) is 0 Å². The number of hydrogen-bond donors (Lipinski definition) is 1. The molecule has 2 aliphatic rings. The van der Waals surface area contributed by atoms with E-state index in [0.717, 1.165) is 29.7 Å². The third-order valence-electron chi connectivity index (χ3n) is 4.51. The second-order valence-corrected chi connectivity index (χ2v) is 6.30. The first-order valence-electron chi connectivity index (χ1n) is 6.72. The van der Waals surface area contributed by atoms with Crippen LogP contribution >= 0.6 is 11.6 Å². The molecule has 0 spiro atoms. The van der Waals surface area contributed by atoms with E-state index in [9.17, 15) is 0 Å². The van der Waals surface area contributed by atoms with E-state index in [2.05, 4.69) is 12.1 Å². The Bertz CT molecular complexity index is 413. The van der Waals surface area contributed by atoms with Gasteiger partial charge in [-0.05, 0) is 55.2 Å². The second kappa shape index (κ2) is 4.29. The lowest BCUT2D eigenvalue weighted by atomic mass is 9.71. The standard InChI is InChI=1S/C15H20ClN/c16-14-5-1-4-13(9-14)15(17)8-2-3-12(10-15)11-6-7-11/h1,4-5,9,11-12H,2-3,6-8,10,17H2. The summed E-state index contributed by atoms with van der Waals surface area (Å²) in [6, 6.07) is 8.14. The summed E-state index contributed by atoms with van der Waals surface area (Å²) in [5, 5.41) is 0.806. The average molecular weight is 250 g/mol. The van der Waals surface area contributed by atoms with Crippen molar-refractivity contribution in [2.75, 3.05) is 0 Å². The number of halogens is 1. The van der Waals surface area contributed by atoms with Gasteiger partial charge in [0.05, 0.1) is 0 Å². The minimum Gasteiger partial charge on any atom is -0.321 e. The summed E-state index contributed by atoms with van der Waals surface area (Å²) in [4.78, 5) is 0. The Balaban J connectivity index is 1.83. The number of rotatable bonds is 2. The van der Waals surface area contributed by atoms with Gasteiger partial charge in [-0.3, -0.25) is 0 Å². The Morgan fingerprint density at radius 1 is 1.18 bits per heavy atom. The van der Waals surface area contributed by atoms with Gasteiger partial charge in [-0.2, -0.15) is 0 Å². The summed E-state index contributed by atoms with van der Waals surface area (Å²) in [5.74, 6) is 1.82. The number of nitrogens with two attached hydrogens (primary N) is 1. The molecule has 2 unspecified atom stereocenters. The van der Waals surface area contributed by atoms with Crippen LogP contribution in [-0.4, -0.2) is 0 Å². The zero-order chi connectivity index (χ0) is 11.9. The number of benzene rings is 1. The van der Waals surface area contributed by atoms with Crippen molar-refractivity contribution < 1.29 is 0 Å². The molecule has 17 heavy (non-hydrogen) atoms. The molecule has 2 fully saturated rings. The maximum Gasteiger partial charge on any atom is 0.0412 e. The number of hydrogen-bond acceptors (Lipinski definition) is 1. The normalized spacial score (nSPS) is 33.6. The SMILES string of the molecule is NC1(c2cccc(Cl)c2)CCCC(C2CC2)C1. The van der Waals surface area contributed by atoms with E-state index in [4.69, 9.17) is 17.3 Å². The van der Waals surface area contributed by atoms with Crippen molar-refractivity contribution in [2.24, 2.45) is 17.6 Å². The summed E-state index contributed by atoms with van der Waals surface area (Å²) in [5.41, 5.74) is 7.75. The topological polar surface area (TPSA) is 26.0 Å². The molecule has 2 atom stereocenters. The highest BCUT2D eigenvalue weighted by molar-refractivity contribution is 6.30. The van der Waals surface area contributed by atoms with E-state index in [1.807, 2.05) is 12.1 Å². The molecule has 0 aromatic heterocycles. The van der Waals surface area contributed by atoms with Crippen LogP contribution < -0.4 is 5.73 Å². The summed E-state index contributed by atoms with van der Waals surface area (Å²) >= 11 is 6.08. The predicted molar refractivity (Wildman–Crippen MR) is 72.0 cm³/mol. The molecule has 0 radical (unpaired) electrons. The molecule has 0 bridgehead atoms. The zero-order valence-electron chi connectivity index (χ0n) is 10.2. The van der Waals surface area contributed by atoms with Gasteiger partial charge in [0.25, 0.3) is 0 Å². The van der Waals surface area contributed by atoms with Gasteiger partial charge < -0.3 is 5.73 Å². The van der Waals surface area contributed by atoms with E-state index in [1.54, 1.807) is 0 Å². The third-order valence-corrected chi connectivity index (χ3v) is 4.75. The first-order chi connectivity index (χ1) is 8.17. The van der Waals surface area contributed by atoms with Crippen molar-refractivity contribution in [2.45, 2.75) is 44.1 Å². The van der Waals surface area contributed by atoms with Crippen LogP contribution in [0.3, 0.4) is 0 Å². The largest absolute Gasteiger partial charge is 0.321 e. The van der Waals surface area contributed by atoms with Gasteiger partial charge in [-0.25, -0.2) is 0 Å². The van der Waals surface area contributed by atoms with E-state index in [1.165, 1.54) is 31.2 Å². The van der Waals surface area contributed by atoms with E-state index >= 15 is 0 Å². The molecular weight excluding hydrogens is 230 g/mol. The Kier molecular flexibility index (Phi) is 2.92. The van der Waals surface area contributed by atoms with Gasteiger partial charge in [-0.15, -0.1) is 0 Å². The van der Waals surface area contributed by atoms with Crippen LogP contribution in [0.15, 0.2) is 24.3 Å². The molecular formula is C15H20ClN. The third kappa shape index (κ3) is 2.36. The minimum absolute atomic E-state index is 0.129. The Hall–Kier alpha value is -0.530. The molecule has 2 aliphatic carbocycles. The predicted octanol–water partition coefficient (Wildman–Crippen LogP) is 4.09. The molecule has 0 heterocycles. The lowest BCUT2D eigenvalue weighted by Crippen LogP contribution is -2.41. The highest BCUT2D eigenvalue weighted by Gasteiger charge is 2.40. The van der Waals surface area contributed by atoms with Crippen molar-refractivity contribution >= 4 is 11.6 Å². The van der Waals surface area contributed by atoms with Gasteiger partial charge in [0.1, 0.15) is 0 Å². The Labute approximate surface area is 108 Å². The molecule has 1 aromatic rings. The summed E-state index contributed by atoms with van der Waals surface area (Å²) in [6.07, 6.45) is 7.76. The molecule has 2 N–H and O–H groups in total. The van der Waals surface area contributed by atoms with Crippen LogP contribution in [0.4, 0.5) is 0 Å². The molecule has 0 saturated heterocycles. The minimum atomic E-state index is -0.129. The molecule has 1 nitrogen and oxygen atoms in total. The maximum atomic E-state index is 6.65. The molecule has 2 heteroatoms. The van der Waals surface area contributed by atoms with Gasteiger partial charge in [0, 0.05) is 10.6 Å². The summed E-state index contributed by atoms with van der Waals surface area (Å²) < 4.78 is 0. The second-order valence-electron chi connectivity index (χ2n) is 5.86. The molecule has 3 rings (SSSR count). The van der Waals surface area contributed by atoms with Crippen molar-refractivity contribution in [3.63, 3.8) is 0 Å². The summed E-state index contributed by atoms with van der Waals surface area (Å²) in [7, 11) is 0. The fraction of sp³-hybridized carbons (Fsp3) is 0.600. The maximum absolute atomic E-state index is 6.65. The summed E-state index contributed by atoms with van der Waals surface area (Å²) in [6.45, 7) is 0. The fourth-order valence-corrected chi connectivity index (χ4v) is 3.57. The molecule has 0 amide bonds. The van der Waals surface area contributed by atoms with E-state index in [-0.39, 0.29) is 5.54 Å². The van der Waals surface area contributed by atoms with Crippen LogP contribution in [0.25, 0.3) is 0 Å². The van der Waals surface area contributed by atoms with E-state index in [0.29, 0.717) is 0 Å². The van der Waals surface area contributed by atoms with Gasteiger partial charge in [0.15, 0.2) is 0 Å². The lowest BCUT2D eigenvalue weighted by molar-refractivity contribution is 0.206. The molecule has 92 valence electrons. The highest BCUT2D eigenvalue weighted by Crippen LogP contribution is 2.48.